The van der Waals surface area contributed by atoms with Gasteiger partial charge in [-0.1, -0.05) is 11.3 Å². The fourth-order valence-corrected chi connectivity index (χ4v) is 3.44. The molecule has 1 aromatic carbocycles. The number of ether oxygens (including phenoxy) is 1. The van der Waals surface area contributed by atoms with Crippen molar-refractivity contribution in [2.75, 3.05) is 38.1 Å². The predicted molar refractivity (Wildman–Crippen MR) is 103 cm³/mol. The van der Waals surface area contributed by atoms with Gasteiger partial charge in [0.05, 0.1) is 0 Å². The van der Waals surface area contributed by atoms with E-state index in [1.165, 1.54) is 37.1 Å². The minimum absolute atomic E-state index is 0.0727. The van der Waals surface area contributed by atoms with Crippen LogP contribution in [0.5, 0.6) is 0 Å². The molecule has 8 nitrogen and oxygen atoms in total. The summed E-state index contributed by atoms with van der Waals surface area (Å²) in [5, 5.41) is 13.8. The molecule has 1 aromatic heterocycles. The minimum Gasteiger partial charge on any atom is -0.364 e. The van der Waals surface area contributed by atoms with Gasteiger partial charge in [0.15, 0.2) is 0 Å². The van der Waals surface area contributed by atoms with Crippen LogP contribution in [0.15, 0.2) is 24.3 Å². The van der Waals surface area contributed by atoms with Crippen LogP contribution in [0.2, 0.25) is 0 Å². The van der Waals surface area contributed by atoms with Crippen molar-refractivity contribution in [3.05, 3.63) is 40.1 Å². The molecule has 0 saturated carbocycles. The molecule has 2 heterocycles. The second-order valence-corrected chi connectivity index (χ2v) is 7.42. The normalized spacial score (nSPS) is 14.2. The first-order chi connectivity index (χ1) is 13.6. The van der Waals surface area contributed by atoms with Crippen LogP contribution in [-0.4, -0.2) is 59.7 Å². The number of amides is 2. The van der Waals surface area contributed by atoms with E-state index < -0.39 is 5.91 Å². The molecule has 0 atom stereocenters. The van der Waals surface area contributed by atoms with Crippen molar-refractivity contribution in [2.45, 2.75) is 19.4 Å². The monoisotopic (exact) mass is 407 g/mol. The number of halogens is 1. The Hall–Kier alpha value is -2.43. The van der Waals surface area contributed by atoms with E-state index in [0.717, 1.165) is 31.0 Å². The summed E-state index contributed by atoms with van der Waals surface area (Å²) in [4.78, 5) is 26.2. The smallest absolute Gasteiger partial charge is 0.286 e. The van der Waals surface area contributed by atoms with E-state index in [1.54, 1.807) is 0 Å². The highest BCUT2D eigenvalue weighted by molar-refractivity contribution is 7.13. The zero-order valence-electron chi connectivity index (χ0n) is 15.3. The summed E-state index contributed by atoms with van der Waals surface area (Å²) in [5.74, 6) is -0.999. The zero-order valence-corrected chi connectivity index (χ0v) is 16.1. The van der Waals surface area contributed by atoms with Crippen molar-refractivity contribution in [3.8, 4) is 0 Å². The van der Waals surface area contributed by atoms with Gasteiger partial charge in [-0.2, -0.15) is 0 Å². The summed E-state index contributed by atoms with van der Waals surface area (Å²) in [6.07, 6.45) is 2.45. The minimum atomic E-state index is -0.435. The van der Waals surface area contributed by atoms with Crippen molar-refractivity contribution in [1.29, 1.82) is 0 Å². The van der Waals surface area contributed by atoms with Crippen molar-refractivity contribution >= 4 is 28.8 Å². The van der Waals surface area contributed by atoms with Crippen molar-refractivity contribution < 1.29 is 18.7 Å². The Kier molecular flexibility index (Phi) is 7.40. The van der Waals surface area contributed by atoms with Crippen LogP contribution in [0, 0.1) is 5.82 Å². The van der Waals surface area contributed by atoms with Crippen LogP contribution in [0.4, 0.5) is 10.1 Å². The number of nitrogens with zero attached hydrogens (tertiary/aromatic N) is 3. The Balaban J connectivity index is 1.35. The first kappa shape index (κ1) is 20.3. The Labute approximate surface area is 166 Å². The molecule has 28 heavy (non-hydrogen) atoms. The SMILES string of the molecule is O=C(COCc1nnc(C(=O)Nc2ccc(F)cc2)s1)NCCN1CCCC1. The number of carbonyl (C=O) groups excluding carboxylic acids is 2. The molecule has 0 aliphatic carbocycles. The molecule has 0 spiro atoms. The van der Waals surface area contributed by atoms with Gasteiger partial charge in [0.1, 0.15) is 24.0 Å². The number of carbonyl (C=O) groups is 2. The molecular formula is C18H22FN5O3S. The lowest BCUT2D eigenvalue weighted by molar-refractivity contribution is -0.126. The Morgan fingerprint density at radius 2 is 1.93 bits per heavy atom. The van der Waals surface area contributed by atoms with Crippen LogP contribution in [0.1, 0.15) is 27.7 Å². The molecule has 0 bridgehead atoms. The molecule has 10 heteroatoms. The second kappa shape index (κ2) is 10.2. The molecule has 3 rings (SSSR count). The maximum Gasteiger partial charge on any atom is 0.286 e. The summed E-state index contributed by atoms with van der Waals surface area (Å²) < 4.78 is 18.2. The van der Waals surface area contributed by atoms with Crippen molar-refractivity contribution in [2.24, 2.45) is 0 Å². The molecule has 2 amide bonds. The van der Waals surface area contributed by atoms with Crippen molar-refractivity contribution in [3.63, 3.8) is 0 Å². The summed E-state index contributed by atoms with van der Waals surface area (Å²) in [5.41, 5.74) is 0.463. The number of likely N-dealkylation sites (tertiary alicyclic amines) is 1. The number of anilines is 1. The van der Waals surface area contributed by atoms with E-state index in [-0.39, 0.29) is 29.9 Å². The summed E-state index contributed by atoms with van der Waals surface area (Å²) in [7, 11) is 0. The number of aromatic nitrogens is 2. The Morgan fingerprint density at radius 1 is 1.18 bits per heavy atom. The second-order valence-electron chi connectivity index (χ2n) is 6.35. The van der Waals surface area contributed by atoms with E-state index in [9.17, 15) is 14.0 Å². The fraction of sp³-hybridized carbons (Fsp3) is 0.444. The molecule has 2 N–H and O–H groups in total. The third kappa shape index (κ3) is 6.32. The summed E-state index contributed by atoms with van der Waals surface area (Å²) in [6, 6.07) is 5.43. The standard InChI is InChI=1S/C18H22FN5O3S/c19-13-3-5-14(6-4-13)21-17(26)18-23-22-16(28-18)12-27-11-15(25)20-7-10-24-8-1-2-9-24/h3-6H,1-2,7-12H2,(H,20,25)(H,21,26). The van der Waals surface area contributed by atoms with E-state index in [0.29, 0.717) is 17.2 Å². The quantitative estimate of drug-likeness (QED) is 0.656. The van der Waals surface area contributed by atoms with E-state index in [1.807, 2.05) is 0 Å². The highest BCUT2D eigenvalue weighted by atomic mass is 32.1. The summed E-state index contributed by atoms with van der Waals surface area (Å²) >= 11 is 1.08. The molecule has 0 radical (unpaired) electrons. The van der Waals surface area contributed by atoms with Gasteiger partial charge in [0.2, 0.25) is 10.9 Å². The number of rotatable bonds is 9. The zero-order chi connectivity index (χ0) is 19.8. The maximum absolute atomic E-state index is 12.9. The van der Waals surface area contributed by atoms with Crippen LogP contribution in [-0.2, 0) is 16.1 Å². The van der Waals surface area contributed by atoms with E-state index >= 15 is 0 Å². The van der Waals surface area contributed by atoms with Gasteiger partial charge >= 0.3 is 0 Å². The third-order valence-corrected chi connectivity index (χ3v) is 5.07. The number of nitrogens with one attached hydrogen (secondary N) is 2. The Morgan fingerprint density at radius 3 is 2.68 bits per heavy atom. The van der Waals surface area contributed by atoms with Crippen LogP contribution >= 0.6 is 11.3 Å². The van der Waals surface area contributed by atoms with Gasteiger partial charge in [0.25, 0.3) is 5.91 Å². The fourth-order valence-electron chi connectivity index (χ4n) is 2.76. The largest absolute Gasteiger partial charge is 0.364 e. The molecule has 2 aromatic rings. The van der Waals surface area contributed by atoms with Gasteiger partial charge in [-0.05, 0) is 50.2 Å². The maximum atomic E-state index is 12.9. The first-order valence-electron chi connectivity index (χ1n) is 9.06. The molecule has 1 saturated heterocycles. The molecule has 150 valence electrons. The highest BCUT2D eigenvalue weighted by Crippen LogP contribution is 2.14. The van der Waals surface area contributed by atoms with Gasteiger partial charge < -0.3 is 20.3 Å². The summed E-state index contributed by atoms with van der Waals surface area (Å²) in [6.45, 7) is 3.68. The molecule has 1 aliphatic heterocycles. The number of benzene rings is 1. The third-order valence-electron chi connectivity index (χ3n) is 4.17. The lowest BCUT2D eigenvalue weighted by Crippen LogP contribution is -2.35. The lowest BCUT2D eigenvalue weighted by Gasteiger charge is -2.14. The van der Waals surface area contributed by atoms with Gasteiger partial charge in [-0.3, -0.25) is 9.59 Å². The highest BCUT2D eigenvalue weighted by Gasteiger charge is 2.14. The van der Waals surface area contributed by atoms with Gasteiger partial charge in [-0.25, -0.2) is 4.39 Å². The number of hydrogen-bond acceptors (Lipinski definition) is 7. The Bertz CT molecular complexity index is 793. The van der Waals surface area contributed by atoms with Gasteiger partial charge in [-0.15, -0.1) is 10.2 Å². The van der Waals surface area contributed by atoms with Crippen LogP contribution < -0.4 is 10.6 Å². The van der Waals surface area contributed by atoms with Crippen LogP contribution in [0.3, 0.4) is 0 Å². The lowest BCUT2D eigenvalue weighted by atomic mass is 10.3. The topological polar surface area (TPSA) is 96.5 Å². The molecule has 1 aliphatic rings. The van der Waals surface area contributed by atoms with Gasteiger partial charge in [0, 0.05) is 18.8 Å². The molecule has 0 unspecified atom stereocenters. The van der Waals surface area contributed by atoms with Crippen LogP contribution in [0.25, 0.3) is 0 Å². The molecule has 1 fully saturated rings. The van der Waals surface area contributed by atoms with Crippen molar-refractivity contribution in [1.82, 2.24) is 20.4 Å². The first-order valence-corrected chi connectivity index (χ1v) is 9.88. The predicted octanol–water partition coefficient (Wildman–Crippen LogP) is 1.66. The molecular weight excluding hydrogens is 385 g/mol. The van der Waals surface area contributed by atoms with E-state index in [2.05, 4.69) is 25.7 Å². The average Bonchev–Trinajstić information content (AvgIpc) is 3.36. The van der Waals surface area contributed by atoms with E-state index in [4.69, 9.17) is 4.74 Å². The average molecular weight is 407 g/mol. The number of hydrogen-bond donors (Lipinski definition) is 2.